The molecule has 6 rings (SSSR count). The number of likely N-dealkylation sites (tertiary alicyclic amines) is 1. The molecule has 0 amide bonds. The van der Waals surface area contributed by atoms with Crippen LogP contribution >= 0.6 is 11.6 Å². The van der Waals surface area contributed by atoms with Crippen LogP contribution in [0.4, 0.5) is 0 Å². The number of carboxylic acids is 1. The molecular formula is C41H43ClN6O7. The molecule has 0 bridgehead atoms. The molecule has 1 aliphatic heterocycles. The first-order valence-corrected chi connectivity index (χ1v) is 18.3. The number of aliphatic hydroxyl groups is 2. The molecule has 5 aromatic rings. The van der Waals surface area contributed by atoms with Crippen LogP contribution in [0.2, 0.25) is 5.02 Å². The second-order valence-corrected chi connectivity index (χ2v) is 14.3. The van der Waals surface area contributed by atoms with Gasteiger partial charge >= 0.3 is 5.97 Å². The number of aromatic nitrogens is 3. The Hall–Kier alpha value is -5.36. The zero-order valence-corrected chi connectivity index (χ0v) is 31.6. The average molecular weight is 767 g/mol. The molecule has 3 aromatic carbocycles. The number of hydrogen-bond donors (Lipinski definition) is 4. The number of aliphatic carboxylic acids is 1. The zero-order chi connectivity index (χ0) is 39.1. The van der Waals surface area contributed by atoms with Gasteiger partial charge in [0.1, 0.15) is 36.3 Å². The number of carboxylic acid groups (broad SMARTS) is 1. The van der Waals surface area contributed by atoms with Gasteiger partial charge in [0.05, 0.1) is 23.3 Å². The maximum Gasteiger partial charge on any atom is 0.326 e. The van der Waals surface area contributed by atoms with Gasteiger partial charge in [-0.3, -0.25) is 15.1 Å². The number of halogens is 1. The quantitative estimate of drug-likeness (QED) is 0.0969. The Morgan fingerprint density at radius 1 is 1.04 bits per heavy atom. The van der Waals surface area contributed by atoms with E-state index in [4.69, 9.17) is 25.5 Å². The van der Waals surface area contributed by atoms with Crippen LogP contribution in [0.15, 0.2) is 71.4 Å². The van der Waals surface area contributed by atoms with Gasteiger partial charge in [-0.15, -0.1) is 10.2 Å². The Bertz CT molecular complexity index is 2200. The van der Waals surface area contributed by atoms with Crippen molar-refractivity contribution < 1.29 is 34.0 Å². The van der Waals surface area contributed by atoms with Gasteiger partial charge in [0.25, 0.3) is 0 Å². The van der Waals surface area contributed by atoms with Crippen molar-refractivity contribution in [3.8, 4) is 40.1 Å². The normalized spacial score (nSPS) is 15.4. The smallest absolute Gasteiger partial charge is 0.326 e. The number of hydrogen-bond acceptors (Lipinski definition) is 12. The van der Waals surface area contributed by atoms with Crippen molar-refractivity contribution in [1.29, 1.82) is 5.26 Å². The van der Waals surface area contributed by atoms with E-state index in [1.165, 1.54) is 13.1 Å². The summed E-state index contributed by atoms with van der Waals surface area (Å²) in [6.45, 7) is 7.37. The van der Waals surface area contributed by atoms with Crippen molar-refractivity contribution in [2.75, 3.05) is 26.2 Å². The SMILES string of the molecule is Cc1c(COc2cc(OCc3cncc(C#N)c3)c(CNC(C)(CO)C(=O)O)cc2Cl)cccc1-c1cccc(-c2nnc(CCN3CC[C@@H](O)C3)o2)c1C. The summed E-state index contributed by atoms with van der Waals surface area (Å²) < 4.78 is 18.6. The molecule has 13 nitrogen and oxygen atoms in total. The van der Waals surface area contributed by atoms with Crippen LogP contribution in [0, 0.1) is 25.2 Å². The van der Waals surface area contributed by atoms with Crippen molar-refractivity contribution >= 4 is 17.6 Å². The molecule has 0 radical (unpaired) electrons. The number of nitrogens with zero attached hydrogens (tertiary/aromatic N) is 5. The number of benzene rings is 3. The molecule has 4 N–H and O–H groups in total. The topological polar surface area (TPSA) is 187 Å². The fourth-order valence-corrected chi connectivity index (χ4v) is 6.66. The van der Waals surface area contributed by atoms with Crippen LogP contribution in [0.25, 0.3) is 22.6 Å². The lowest BCUT2D eigenvalue weighted by Crippen LogP contribution is -2.52. The van der Waals surface area contributed by atoms with E-state index in [1.807, 2.05) is 38.1 Å². The van der Waals surface area contributed by atoms with E-state index < -0.39 is 18.1 Å². The third-order valence-corrected chi connectivity index (χ3v) is 10.2. The minimum atomic E-state index is -1.60. The summed E-state index contributed by atoms with van der Waals surface area (Å²) in [6.07, 6.45) is 4.17. The summed E-state index contributed by atoms with van der Waals surface area (Å²) in [7, 11) is 0. The first kappa shape index (κ1) is 39.3. The van der Waals surface area contributed by atoms with Crippen LogP contribution in [0.5, 0.6) is 11.5 Å². The molecule has 3 heterocycles. The van der Waals surface area contributed by atoms with E-state index in [9.17, 15) is 25.4 Å². The van der Waals surface area contributed by atoms with Gasteiger partial charge in [0.15, 0.2) is 0 Å². The number of nitrogens with one attached hydrogen (secondary N) is 1. The van der Waals surface area contributed by atoms with Crippen molar-refractivity contribution in [2.45, 2.75) is 65.0 Å². The van der Waals surface area contributed by atoms with E-state index in [0.29, 0.717) is 52.9 Å². The summed E-state index contributed by atoms with van der Waals surface area (Å²) in [5, 5.41) is 50.4. The summed E-state index contributed by atoms with van der Waals surface area (Å²) in [5.74, 6) is 0.525. The fourth-order valence-electron chi connectivity index (χ4n) is 6.42. The van der Waals surface area contributed by atoms with E-state index >= 15 is 0 Å². The molecule has 0 saturated carbocycles. The van der Waals surface area contributed by atoms with Crippen LogP contribution in [-0.4, -0.2) is 79.3 Å². The third-order valence-electron chi connectivity index (χ3n) is 9.93. The van der Waals surface area contributed by atoms with E-state index in [-0.39, 0.29) is 30.9 Å². The molecule has 1 aliphatic rings. The highest BCUT2D eigenvalue weighted by atomic mass is 35.5. The Labute approximate surface area is 324 Å². The Kier molecular flexibility index (Phi) is 12.4. The number of β-amino-alcohol motifs (C(OH)–C–C–N with tert-alkyl or cyclic N) is 1. The monoisotopic (exact) mass is 766 g/mol. The first-order chi connectivity index (χ1) is 26.5. The van der Waals surface area contributed by atoms with Gasteiger partial charge in [0.2, 0.25) is 11.8 Å². The highest BCUT2D eigenvalue weighted by Gasteiger charge is 2.32. The average Bonchev–Trinajstić information content (AvgIpc) is 3.84. The number of pyridine rings is 1. The minimum absolute atomic E-state index is 0.0171. The lowest BCUT2D eigenvalue weighted by Gasteiger charge is -2.25. The van der Waals surface area contributed by atoms with Gasteiger partial charge < -0.3 is 34.1 Å². The van der Waals surface area contributed by atoms with E-state index in [0.717, 1.165) is 52.9 Å². The maximum atomic E-state index is 11.8. The second kappa shape index (κ2) is 17.4. The largest absolute Gasteiger partial charge is 0.488 e. The molecule has 0 aliphatic carbocycles. The van der Waals surface area contributed by atoms with Gasteiger partial charge in [-0.25, -0.2) is 0 Å². The van der Waals surface area contributed by atoms with E-state index in [1.54, 1.807) is 24.4 Å². The molecule has 1 saturated heterocycles. The number of aliphatic hydroxyl groups excluding tert-OH is 2. The van der Waals surface area contributed by atoms with Crippen molar-refractivity contribution in [3.63, 3.8) is 0 Å². The molecule has 1 fully saturated rings. The van der Waals surface area contributed by atoms with Crippen LogP contribution in [0.3, 0.4) is 0 Å². The van der Waals surface area contributed by atoms with Gasteiger partial charge in [-0.1, -0.05) is 41.9 Å². The molecule has 2 aromatic heterocycles. The van der Waals surface area contributed by atoms with Crippen molar-refractivity contribution in [2.24, 2.45) is 0 Å². The maximum absolute atomic E-state index is 11.8. The summed E-state index contributed by atoms with van der Waals surface area (Å²) in [6, 6.07) is 19.0. The molecule has 1 unspecified atom stereocenters. The van der Waals surface area contributed by atoms with Gasteiger partial charge in [-0.2, -0.15) is 5.26 Å². The summed E-state index contributed by atoms with van der Waals surface area (Å²) >= 11 is 6.74. The predicted octanol–water partition coefficient (Wildman–Crippen LogP) is 5.63. The lowest BCUT2D eigenvalue weighted by molar-refractivity contribution is -0.145. The molecule has 0 spiro atoms. The number of nitriles is 1. The van der Waals surface area contributed by atoms with Crippen LogP contribution < -0.4 is 14.8 Å². The zero-order valence-electron chi connectivity index (χ0n) is 30.9. The first-order valence-electron chi connectivity index (χ1n) is 17.9. The predicted molar refractivity (Wildman–Crippen MR) is 204 cm³/mol. The van der Waals surface area contributed by atoms with Crippen LogP contribution in [-0.2, 0) is 31.0 Å². The molecule has 55 heavy (non-hydrogen) atoms. The Balaban J connectivity index is 1.21. The molecule has 2 atom stereocenters. The highest BCUT2D eigenvalue weighted by Crippen LogP contribution is 2.37. The number of carbonyl (C=O) groups is 1. The van der Waals surface area contributed by atoms with Crippen molar-refractivity contribution in [3.05, 3.63) is 111 Å². The fraction of sp³-hybridized carbons (Fsp3) is 0.341. The Morgan fingerprint density at radius 2 is 1.78 bits per heavy atom. The lowest BCUT2D eigenvalue weighted by atomic mass is 9.91. The van der Waals surface area contributed by atoms with Crippen LogP contribution in [0.1, 0.15) is 52.6 Å². The number of rotatable bonds is 16. The highest BCUT2D eigenvalue weighted by molar-refractivity contribution is 6.32. The molecule has 14 heteroatoms. The summed E-state index contributed by atoms with van der Waals surface area (Å²) in [4.78, 5) is 18.1. The van der Waals surface area contributed by atoms with Crippen molar-refractivity contribution in [1.82, 2.24) is 25.4 Å². The minimum Gasteiger partial charge on any atom is -0.488 e. The standard InChI is InChI=1S/C41H43ClN6O7/c1-25-29(6-4-7-32(25)33-8-5-9-34(26(33)2)39-47-46-38(55-39)11-13-48-12-10-31(50)21-48)23-54-37-16-36(53-22-28-14-27(17-43)18-44-19-28)30(15-35(37)42)20-45-41(3,24-49)40(51)52/h4-9,14-16,18-19,31,45,49-50H,10-13,20-24H2,1-3H3,(H,51,52)/t31-,41?/m1/s1. The molecular weight excluding hydrogens is 724 g/mol. The number of ether oxygens (including phenoxy) is 2. The van der Waals surface area contributed by atoms with Gasteiger partial charge in [-0.05, 0) is 73.2 Å². The second-order valence-electron chi connectivity index (χ2n) is 13.9. The van der Waals surface area contributed by atoms with Gasteiger partial charge in [0, 0.05) is 67.8 Å². The Morgan fingerprint density at radius 3 is 2.51 bits per heavy atom. The van der Waals surface area contributed by atoms with E-state index in [2.05, 4.69) is 43.6 Å². The summed E-state index contributed by atoms with van der Waals surface area (Å²) in [5.41, 5.74) is 5.79. The molecule has 286 valence electrons. The third kappa shape index (κ3) is 9.30.